The van der Waals surface area contributed by atoms with Gasteiger partial charge in [0.05, 0.1) is 17.4 Å². The van der Waals surface area contributed by atoms with Crippen LogP contribution in [-0.2, 0) is 21.1 Å². The van der Waals surface area contributed by atoms with Crippen LogP contribution >= 0.6 is 0 Å². The molecule has 0 aliphatic rings. The van der Waals surface area contributed by atoms with Gasteiger partial charge >= 0.3 is 0 Å². The average Bonchev–Trinajstić information content (AvgIpc) is 2.87. The summed E-state index contributed by atoms with van der Waals surface area (Å²) in [5, 5.41) is 6.53. The zero-order valence-electron chi connectivity index (χ0n) is 19.4. The van der Waals surface area contributed by atoms with E-state index in [2.05, 4.69) is 29.6 Å². The smallest absolute Gasteiger partial charge is 0.224 e. The Kier molecular flexibility index (Phi) is 7.63. The monoisotopic (exact) mass is 485 g/mol. The maximum absolute atomic E-state index is 12.6. The molecule has 0 aromatic heterocycles. The SMILES string of the molecule is C[C@H](NC(=O)Cc1ccc(OC/C=C/S(=O)(=O)c2ccccc2)cc1)c1ccc2ccccc2c1. The van der Waals surface area contributed by atoms with Crippen LogP contribution in [0.4, 0.5) is 0 Å². The topological polar surface area (TPSA) is 72.5 Å². The molecule has 0 radical (unpaired) electrons. The Morgan fingerprint density at radius 3 is 2.31 bits per heavy atom. The number of benzene rings is 4. The molecule has 0 aliphatic heterocycles. The second-order valence-corrected chi connectivity index (χ2v) is 10.1. The molecule has 0 saturated carbocycles. The summed E-state index contributed by atoms with van der Waals surface area (Å²) in [6.45, 7) is 2.10. The van der Waals surface area contributed by atoms with Gasteiger partial charge in [0, 0.05) is 5.41 Å². The van der Waals surface area contributed by atoms with Gasteiger partial charge in [-0.3, -0.25) is 4.79 Å². The summed E-state index contributed by atoms with van der Waals surface area (Å²) < 4.78 is 30.1. The van der Waals surface area contributed by atoms with E-state index >= 15 is 0 Å². The lowest BCUT2D eigenvalue weighted by Gasteiger charge is -2.15. The van der Waals surface area contributed by atoms with E-state index in [1.54, 1.807) is 42.5 Å². The number of sulfone groups is 1. The van der Waals surface area contributed by atoms with E-state index in [-0.39, 0.29) is 29.9 Å². The first-order chi connectivity index (χ1) is 16.9. The molecule has 1 amide bonds. The number of nitrogens with one attached hydrogen (secondary N) is 1. The largest absolute Gasteiger partial charge is 0.490 e. The second-order valence-electron chi connectivity index (χ2n) is 8.26. The van der Waals surface area contributed by atoms with Crippen molar-refractivity contribution in [3.05, 3.63) is 120 Å². The first-order valence-corrected chi connectivity index (χ1v) is 12.9. The van der Waals surface area contributed by atoms with Crippen LogP contribution in [0.1, 0.15) is 24.1 Å². The van der Waals surface area contributed by atoms with Gasteiger partial charge < -0.3 is 10.1 Å². The van der Waals surface area contributed by atoms with Crippen molar-refractivity contribution in [2.24, 2.45) is 0 Å². The molecule has 4 aromatic rings. The molecule has 5 nitrogen and oxygen atoms in total. The molecule has 6 heteroatoms. The number of carbonyl (C=O) groups excluding carboxylic acids is 1. The summed E-state index contributed by atoms with van der Waals surface area (Å²) in [5.74, 6) is 0.536. The van der Waals surface area contributed by atoms with E-state index in [0.29, 0.717) is 5.75 Å². The van der Waals surface area contributed by atoms with E-state index in [4.69, 9.17) is 4.74 Å². The molecule has 0 spiro atoms. The number of hydrogen-bond acceptors (Lipinski definition) is 4. The molecule has 4 aromatic carbocycles. The normalized spacial score (nSPS) is 12.5. The molecule has 4 rings (SSSR count). The quantitative estimate of drug-likeness (QED) is 0.334. The van der Waals surface area contributed by atoms with Gasteiger partial charge in [0.25, 0.3) is 0 Å². The van der Waals surface area contributed by atoms with Crippen LogP contribution in [0.5, 0.6) is 5.75 Å². The fraction of sp³-hybridized carbons (Fsp3) is 0.138. The Morgan fingerprint density at radius 1 is 0.886 bits per heavy atom. The zero-order chi connectivity index (χ0) is 24.7. The van der Waals surface area contributed by atoms with Crippen molar-refractivity contribution in [3.63, 3.8) is 0 Å². The van der Waals surface area contributed by atoms with Gasteiger partial charge in [-0.25, -0.2) is 8.42 Å². The van der Waals surface area contributed by atoms with Gasteiger partial charge in [-0.15, -0.1) is 0 Å². The summed E-state index contributed by atoms with van der Waals surface area (Å²) in [7, 11) is -3.48. The van der Waals surface area contributed by atoms with Gasteiger partial charge in [-0.1, -0.05) is 66.7 Å². The van der Waals surface area contributed by atoms with Crippen LogP contribution in [0.25, 0.3) is 10.8 Å². The van der Waals surface area contributed by atoms with Crippen molar-refractivity contribution < 1.29 is 17.9 Å². The minimum atomic E-state index is -3.48. The van der Waals surface area contributed by atoms with Crippen molar-refractivity contribution >= 4 is 26.5 Å². The molecule has 0 aliphatic carbocycles. The lowest BCUT2D eigenvalue weighted by molar-refractivity contribution is -0.121. The van der Waals surface area contributed by atoms with Gasteiger partial charge in [0.1, 0.15) is 12.4 Å². The average molecular weight is 486 g/mol. The Hall–Kier alpha value is -3.90. The van der Waals surface area contributed by atoms with Crippen LogP contribution < -0.4 is 10.1 Å². The maximum atomic E-state index is 12.6. The summed E-state index contributed by atoms with van der Waals surface area (Å²) >= 11 is 0. The zero-order valence-corrected chi connectivity index (χ0v) is 20.2. The van der Waals surface area contributed by atoms with E-state index < -0.39 is 9.84 Å². The predicted molar refractivity (Wildman–Crippen MR) is 139 cm³/mol. The molecule has 1 atom stereocenters. The highest BCUT2D eigenvalue weighted by Crippen LogP contribution is 2.20. The maximum Gasteiger partial charge on any atom is 0.224 e. The number of rotatable bonds is 9. The first kappa shape index (κ1) is 24.2. The Morgan fingerprint density at radius 2 is 1.57 bits per heavy atom. The van der Waals surface area contributed by atoms with Crippen molar-refractivity contribution in [3.8, 4) is 5.75 Å². The standard InChI is InChI=1S/C29H27NO4S/c1-22(25-15-14-24-8-5-6-9-26(24)21-25)30-29(31)20-23-12-16-27(17-13-23)34-18-7-19-35(32,33)28-10-3-2-4-11-28/h2-17,19,21-22H,18,20H2,1H3,(H,30,31)/b19-7+/t22-/m0/s1. The summed E-state index contributed by atoms with van der Waals surface area (Å²) in [4.78, 5) is 12.8. The van der Waals surface area contributed by atoms with Gasteiger partial charge in [0.2, 0.25) is 5.91 Å². The van der Waals surface area contributed by atoms with Crippen molar-refractivity contribution in [1.82, 2.24) is 5.32 Å². The predicted octanol–water partition coefficient (Wildman–Crippen LogP) is 5.63. The van der Waals surface area contributed by atoms with Crippen LogP contribution in [0.15, 0.2) is 113 Å². The first-order valence-electron chi connectivity index (χ1n) is 11.4. The highest BCUT2D eigenvalue weighted by atomic mass is 32.2. The van der Waals surface area contributed by atoms with Crippen molar-refractivity contribution in [2.75, 3.05) is 6.61 Å². The number of amides is 1. The second kappa shape index (κ2) is 11.0. The number of carbonyl (C=O) groups is 1. The molecule has 178 valence electrons. The van der Waals surface area contributed by atoms with Crippen LogP contribution in [0.2, 0.25) is 0 Å². The third-order valence-corrected chi connectivity index (χ3v) is 7.11. The molecular formula is C29H27NO4S. The fourth-order valence-electron chi connectivity index (χ4n) is 3.74. The number of hydrogen-bond donors (Lipinski definition) is 1. The van der Waals surface area contributed by atoms with E-state index in [9.17, 15) is 13.2 Å². The molecule has 0 saturated heterocycles. The van der Waals surface area contributed by atoms with Crippen LogP contribution in [-0.4, -0.2) is 20.9 Å². The lowest BCUT2D eigenvalue weighted by Crippen LogP contribution is -2.28. The third kappa shape index (κ3) is 6.58. The molecule has 1 N–H and O–H groups in total. The molecule has 0 unspecified atom stereocenters. The Labute approximate surface area is 206 Å². The highest BCUT2D eigenvalue weighted by Gasteiger charge is 2.11. The summed E-state index contributed by atoms with van der Waals surface area (Å²) in [6, 6.07) is 29.7. The highest BCUT2D eigenvalue weighted by molar-refractivity contribution is 7.94. The minimum absolute atomic E-state index is 0.0617. The van der Waals surface area contributed by atoms with Gasteiger partial charge in [-0.05, 0) is 65.2 Å². The van der Waals surface area contributed by atoms with Gasteiger partial charge in [-0.2, -0.15) is 0 Å². The lowest BCUT2D eigenvalue weighted by atomic mass is 10.0. The van der Waals surface area contributed by atoms with Crippen molar-refractivity contribution in [1.29, 1.82) is 0 Å². The molecule has 0 fully saturated rings. The third-order valence-electron chi connectivity index (χ3n) is 5.63. The summed E-state index contributed by atoms with van der Waals surface area (Å²) in [5.41, 5.74) is 1.92. The number of ether oxygens (including phenoxy) is 1. The van der Waals surface area contributed by atoms with E-state index in [0.717, 1.165) is 21.9 Å². The summed E-state index contributed by atoms with van der Waals surface area (Å²) in [6.07, 6.45) is 1.73. The molecular weight excluding hydrogens is 458 g/mol. The Balaban J connectivity index is 1.27. The fourth-order valence-corrected chi connectivity index (χ4v) is 4.77. The van der Waals surface area contributed by atoms with Crippen LogP contribution in [0, 0.1) is 0 Å². The van der Waals surface area contributed by atoms with Crippen LogP contribution in [0.3, 0.4) is 0 Å². The van der Waals surface area contributed by atoms with E-state index in [1.165, 1.54) is 11.5 Å². The van der Waals surface area contributed by atoms with Crippen molar-refractivity contribution in [2.45, 2.75) is 24.3 Å². The molecule has 0 bridgehead atoms. The molecule has 35 heavy (non-hydrogen) atoms. The van der Waals surface area contributed by atoms with Gasteiger partial charge in [0.15, 0.2) is 9.84 Å². The molecule has 0 heterocycles. The minimum Gasteiger partial charge on any atom is -0.490 e. The number of fused-ring (bicyclic) bond motifs is 1. The Bertz CT molecular complexity index is 1430. The van der Waals surface area contributed by atoms with E-state index in [1.807, 2.05) is 37.3 Å².